The Kier molecular flexibility index (Phi) is 8.18. The molecular weight excluding hydrogens is 504 g/mol. The van der Waals surface area contributed by atoms with Gasteiger partial charge in [0.2, 0.25) is 5.91 Å². The highest BCUT2D eigenvalue weighted by atomic mass is 32.2. The first-order chi connectivity index (χ1) is 18.3. The van der Waals surface area contributed by atoms with Crippen LogP contribution in [0.25, 0.3) is 10.8 Å². The minimum atomic E-state index is -4.24. The van der Waals surface area contributed by atoms with Crippen molar-refractivity contribution in [2.45, 2.75) is 18.2 Å². The maximum absolute atomic E-state index is 13.0. The largest absolute Gasteiger partial charge is 0.465 e. The number of hydrogen-bond acceptors (Lipinski definition) is 6. The number of anilines is 1. The summed E-state index contributed by atoms with van der Waals surface area (Å²) in [6, 6.07) is 27.1. The first-order valence-corrected chi connectivity index (χ1v) is 13.4. The van der Waals surface area contributed by atoms with Crippen LogP contribution in [0.3, 0.4) is 0 Å². The van der Waals surface area contributed by atoms with Gasteiger partial charge in [-0.2, -0.15) is 0 Å². The number of nitrogens with one attached hydrogen (secondary N) is 2. The number of rotatable bonds is 9. The van der Waals surface area contributed by atoms with Gasteiger partial charge in [0.05, 0.1) is 11.5 Å². The smallest absolute Gasteiger partial charge is 0.318 e. The normalized spacial score (nSPS) is 11.9. The number of benzene rings is 4. The van der Waals surface area contributed by atoms with Crippen molar-refractivity contribution in [2.24, 2.45) is 5.92 Å². The third-order valence-electron chi connectivity index (χ3n) is 5.84. The van der Waals surface area contributed by atoms with Gasteiger partial charge in [0.1, 0.15) is 5.92 Å². The molecule has 194 valence electrons. The van der Waals surface area contributed by atoms with E-state index in [1.807, 2.05) is 22.9 Å². The lowest BCUT2D eigenvalue weighted by atomic mass is 9.98. The molecule has 38 heavy (non-hydrogen) atoms. The Morgan fingerprint density at radius 1 is 0.816 bits per heavy atom. The Balaban J connectivity index is 1.49. The molecule has 1 unspecified atom stereocenters. The van der Waals surface area contributed by atoms with Crippen LogP contribution in [0.5, 0.6) is 0 Å². The Bertz CT molecular complexity index is 1570. The van der Waals surface area contributed by atoms with Crippen LogP contribution in [0.4, 0.5) is 5.69 Å². The van der Waals surface area contributed by atoms with Crippen LogP contribution in [0.1, 0.15) is 22.8 Å². The predicted octanol–water partition coefficient (Wildman–Crippen LogP) is 4.32. The highest BCUT2D eigenvalue weighted by molar-refractivity contribution is 7.90. The second-order valence-electron chi connectivity index (χ2n) is 8.50. The van der Waals surface area contributed by atoms with E-state index in [4.69, 9.17) is 4.74 Å². The SMILES string of the molecule is CCOC(=O)C(Cc1ccc(NC(=O)c2ccccc2)cc1)C(=O)NS(=O)(=O)c1ccc2ccccc2c1. The molecule has 1 atom stereocenters. The minimum Gasteiger partial charge on any atom is -0.465 e. The third kappa shape index (κ3) is 6.43. The molecule has 0 aliphatic heterocycles. The van der Waals surface area contributed by atoms with E-state index in [9.17, 15) is 22.8 Å². The van der Waals surface area contributed by atoms with E-state index in [2.05, 4.69) is 5.32 Å². The van der Waals surface area contributed by atoms with E-state index in [-0.39, 0.29) is 23.8 Å². The van der Waals surface area contributed by atoms with E-state index in [1.54, 1.807) is 73.7 Å². The molecule has 0 saturated heterocycles. The van der Waals surface area contributed by atoms with Crippen molar-refractivity contribution in [3.63, 3.8) is 0 Å². The lowest BCUT2D eigenvalue weighted by Gasteiger charge is -2.16. The maximum Gasteiger partial charge on any atom is 0.318 e. The zero-order chi connectivity index (χ0) is 27.1. The zero-order valence-electron chi connectivity index (χ0n) is 20.6. The summed E-state index contributed by atoms with van der Waals surface area (Å²) in [7, 11) is -4.24. The summed E-state index contributed by atoms with van der Waals surface area (Å²) in [6.45, 7) is 1.63. The quantitative estimate of drug-likeness (QED) is 0.246. The standard InChI is InChI=1S/C29H26N2O6S/c1-2-37-29(34)26(18-20-12-15-24(16-13-20)30-27(32)22-9-4-3-5-10-22)28(33)31-38(35,36)25-17-14-21-8-6-7-11-23(21)19-25/h3-17,19,26H,2,18H2,1H3,(H,30,32)(H,31,33). The Hall–Kier alpha value is -4.50. The number of sulfonamides is 1. The van der Waals surface area contributed by atoms with Crippen molar-refractivity contribution < 1.29 is 27.5 Å². The molecule has 4 aromatic carbocycles. The maximum atomic E-state index is 13.0. The number of amides is 2. The van der Waals surface area contributed by atoms with E-state index in [0.717, 1.165) is 5.39 Å². The number of carbonyl (C=O) groups excluding carboxylic acids is 3. The van der Waals surface area contributed by atoms with Gasteiger partial charge < -0.3 is 10.1 Å². The average Bonchev–Trinajstić information content (AvgIpc) is 2.92. The van der Waals surface area contributed by atoms with E-state index in [0.29, 0.717) is 22.2 Å². The first kappa shape index (κ1) is 26.6. The van der Waals surface area contributed by atoms with Gasteiger partial charge in [-0.3, -0.25) is 14.4 Å². The van der Waals surface area contributed by atoms with Crippen molar-refractivity contribution in [2.75, 3.05) is 11.9 Å². The summed E-state index contributed by atoms with van der Waals surface area (Å²) in [6.07, 6.45) is -0.0924. The monoisotopic (exact) mass is 530 g/mol. The third-order valence-corrected chi connectivity index (χ3v) is 7.19. The Morgan fingerprint density at radius 3 is 2.16 bits per heavy atom. The van der Waals surface area contributed by atoms with Crippen LogP contribution < -0.4 is 10.0 Å². The molecule has 0 fully saturated rings. The molecule has 2 amide bonds. The molecule has 0 aromatic heterocycles. The second-order valence-corrected chi connectivity index (χ2v) is 10.2. The summed E-state index contributed by atoms with van der Waals surface area (Å²) in [5.41, 5.74) is 1.61. The molecule has 0 heterocycles. The Morgan fingerprint density at radius 2 is 1.47 bits per heavy atom. The van der Waals surface area contributed by atoms with Gasteiger partial charge in [-0.1, -0.05) is 60.7 Å². The van der Waals surface area contributed by atoms with Gasteiger partial charge >= 0.3 is 5.97 Å². The predicted molar refractivity (Wildman–Crippen MR) is 144 cm³/mol. The molecule has 0 spiro atoms. The molecule has 0 bridgehead atoms. The van der Waals surface area contributed by atoms with Crippen LogP contribution in [-0.2, 0) is 30.8 Å². The summed E-state index contributed by atoms with van der Waals surface area (Å²) in [5.74, 6) is -3.49. The van der Waals surface area contributed by atoms with Gasteiger partial charge in [0.15, 0.2) is 0 Å². The van der Waals surface area contributed by atoms with Crippen molar-refractivity contribution in [3.8, 4) is 0 Å². The van der Waals surface area contributed by atoms with Gasteiger partial charge in [0, 0.05) is 11.3 Å². The van der Waals surface area contributed by atoms with E-state index < -0.39 is 27.8 Å². The lowest BCUT2D eigenvalue weighted by Crippen LogP contribution is -2.40. The molecule has 0 aliphatic carbocycles. The average molecular weight is 531 g/mol. The molecule has 0 radical (unpaired) electrons. The van der Waals surface area contributed by atoms with E-state index >= 15 is 0 Å². The number of hydrogen-bond donors (Lipinski definition) is 2. The van der Waals surface area contributed by atoms with Gasteiger partial charge in [0.25, 0.3) is 15.9 Å². The summed E-state index contributed by atoms with van der Waals surface area (Å²) in [4.78, 5) is 37.9. The topological polar surface area (TPSA) is 119 Å². The summed E-state index contributed by atoms with van der Waals surface area (Å²) >= 11 is 0. The fourth-order valence-corrected chi connectivity index (χ4v) is 4.93. The molecule has 0 saturated carbocycles. The molecule has 8 nitrogen and oxygen atoms in total. The first-order valence-electron chi connectivity index (χ1n) is 11.9. The zero-order valence-corrected chi connectivity index (χ0v) is 21.4. The van der Waals surface area contributed by atoms with Gasteiger partial charge in [-0.25, -0.2) is 13.1 Å². The molecule has 9 heteroatoms. The number of fused-ring (bicyclic) bond motifs is 1. The van der Waals surface area contributed by atoms with Gasteiger partial charge in [-0.15, -0.1) is 0 Å². The number of carbonyl (C=O) groups is 3. The molecule has 2 N–H and O–H groups in total. The highest BCUT2D eigenvalue weighted by Crippen LogP contribution is 2.20. The van der Waals surface area contributed by atoms with Crippen molar-refractivity contribution >= 4 is 44.3 Å². The van der Waals surface area contributed by atoms with Crippen LogP contribution >= 0.6 is 0 Å². The van der Waals surface area contributed by atoms with Crippen LogP contribution in [0.15, 0.2) is 102 Å². The molecule has 4 aromatic rings. The molecular formula is C29H26N2O6S. The van der Waals surface area contributed by atoms with Crippen LogP contribution in [-0.4, -0.2) is 32.8 Å². The number of esters is 1. The molecule has 0 aliphatic rings. The highest BCUT2D eigenvalue weighted by Gasteiger charge is 2.32. The summed E-state index contributed by atoms with van der Waals surface area (Å²) in [5, 5.41) is 4.33. The van der Waals surface area contributed by atoms with Crippen LogP contribution in [0, 0.1) is 5.92 Å². The van der Waals surface area contributed by atoms with E-state index in [1.165, 1.54) is 12.1 Å². The fraction of sp³-hybridized carbons (Fsp3) is 0.138. The second kappa shape index (κ2) is 11.7. The number of ether oxygens (including phenoxy) is 1. The lowest BCUT2D eigenvalue weighted by molar-refractivity contribution is -0.151. The minimum absolute atomic E-state index is 0.0322. The summed E-state index contributed by atoms with van der Waals surface area (Å²) < 4.78 is 33.0. The molecule has 4 rings (SSSR count). The van der Waals surface area contributed by atoms with Crippen molar-refractivity contribution in [1.82, 2.24) is 4.72 Å². The fourth-order valence-electron chi connectivity index (χ4n) is 3.88. The van der Waals surface area contributed by atoms with Crippen molar-refractivity contribution in [1.29, 1.82) is 0 Å². The van der Waals surface area contributed by atoms with Gasteiger partial charge in [-0.05, 0) is 66.1 Å². The van der Waals surface area contributed by atoms with Crippen LogP contribution in [0.2, 0.25) is 0 Å². The Labute approximate surface area is 220 Å². The van der Waals surface area contributed by atoms with Crippen molar-refractivity contribution in [3.05, 3.63) is 108 Å².